The minimum atomic E-state index is 0. The third kappa shape index (κ3) is 7.94. The summed E-state index contributed by atoms with van der Waals surface area (Å²) < 4.78 is 5.74. The highest BCUT2D eigenvalue weighted by Crippen LogP contribution is 2.12. The van der Waals surface area contributed by atoms with Crippen molar-refractivity contribution >= 4 is 29.9 Å². The van der Waals surface area contributed by atoms with E-state index in [0.717, 1.165) is 29.4 Å². The van der Waals surface area contributed by atoms with Gasteiger partial charge in [0.25, 0.3) is 0 Å². The van der Waals surface area contributed by atoms with Crippen LogP contribution in [-0.4, -0.2) is 19.0 Å². The summed E-state index contributed by atoms with van der Waals surface area (Å²) >= 11 is 0. The standard InChI is InChI=1S/C20H23N3O.HI/c1-3-14-22-20(21-4-2)23-15-17-10-12-18(13-11-17)16-24-19-8-6-5-7-9-19;/h1,5-13H,4,14-16H2,2H3,(H2,21,22,23);1H. The van der Waals surface area contributed by atoms with Crippen LogP contribution in [0.5, 0.6) is 5.75 Å². The van der Waals surface area contributed by atoms with Crippen molar-refractivity contribution in [3.8, 4) is 18.1 Å². The van der Waals surface area contributed by atoms with E-state index >= 15 is 0 Å². The number of para-hydroxylation sites is 1. The van der Waals surface area contributed by atoms with Gasteiger partial charge in [-0.2, -0.15) is 0 Å². The van der Waals surface area contributed by atoms with Crippen LogP contribution in [0.3, 0.4) is 0 Å². The number of aliphatic imine (C=N–C) groups is 1. The second-order valence-electron chi connectivity index (χ2n) is 5.17. The highest BCUT2D eigenvalue weighted by Gasteiger charge is 1.98. The zero-order chi connectivity index (χ0) is 17.0. The number of hydrogen-bond acceptors (Lipinski definition) is 2. The topological polar surface area (TPSA) is 45.7 Å². The van der Waals surface area contributed by atoms with Crippen LogP contribution in [0.1, 0.15) is 18.1 Å². The number of hydrogen-bond donors (Lipinski definition) is 2. The third-order valence-corrected chi connectivity index (χ3v) is 3.29. The maximum atomic E-state index is 5.74. The molecule has 2 aromatic rings. The first-order valence-electron chi connectivity index (χ1n) is 8.03. The van der Waals surface area contributed by atoms with Crippen LogP contribution in [0.2, 0.25) is 0 Å². The summed E-state index contributed by atoms with van der Waals surface area (Å²) in [6.45, 7) is 4.43. The molecular weight excluding hydrogens is 425 g/mol. The lowest BCUT2D eigenvalue weighted by molar-refractivity contribution is 0.306. The highest BCUT2D eigenvalue weighted by atomic mass is 127. The lowest BCUT2D eigenvalue weighted by atomic mass is 10.1. The van der Waals surface area contributed by atoms with Crippen LogP contribution in [0.4, 0.5) is 0 Å². The number of nitrogens with one attached hydrogen (secondary N) is 2. The van der Waals surface area contributed by atoms with Gasteiger partial charge >= 0.3 is 0 Å². The van der Waals surface area contributed by atoms with Crippen molar-refractivity contribution in [1.29, 1.82) is 0 Å². The van der Waals surface area contributed by atoms with Crippen LogP contribution in [0.25, 0.3) is 0 Å². The van der Waals surface area contributed by atoms with Crippen LogP contribution < -0.4 is 15.4 Å². The Morgan fingerprint density at radius 3 is 2.36 bits per heavy atom. The normalized spacial score (nSPS) is 10.3. The van der Waals surface area contributed by atoms with Crippen LogP contribution >= 0.6 is 24.0 Å². The number of guanidine groups is 1. The number of halogens is 1. The van der Waals surface area contributed by atoms with E-state index in [1.165, 1.54) is 0 Å². The maximum absolute atomic E-state index is 5.74. The van der Waals surface area contributed by atoms with Crippen molar-refractivity contribution in [2.24, 2.45) is 4.99 Å². The maximum Gasteiger partial charge on any atom is 0.192 e. The Bertz CT molecular complexity index is 678. The molecule has 0 amide bonds. The fraction of sp³-hybridized carbons (Fsp3) is 0.250. The molecule has 4 nitrogen and oxygen atoms in total. The molecule has 25 heavy (non-hydrogen) atoms. The average Bonchev–Trinajstić information content (AvgIpc) is 2.64. The van der Waals surface area contributed by atoms with E-state index in [2.05, 4.69) is 45.8 Å². The molecule has 0 spiro atoms. The molecule has 0 heterocycles. The Hall–Kier alpha value is -2.20. The van der Waals surface area contributed by atoms with Gasteiger partial charge in [0.1, 0.15) is 12.4 Å². The largest absolute Gasteiger partial charge is 0.489 e. The monoisotopic (exact) mass is 449 g/mol. The summed E-state index contributed by atoms with van der Waals surface area (Å²) in [5.41, 5.74) is 2.26. The Morgan fingerprint density at radius 2 is 1.72 bits per heavy atom. The van der Waals surface area contributed by atoms with Crippen molar-refractivity contribution < 1.29 is 4.74 Å². The Morgan fingerprint density at radius 1 is 1.04 bits per heavy atom. The van der Waals surface area contributed by atoms with Gasteiger partial charge in [-0.1, -0.05) is 48.4 Å². The first-order chi connectivity index (χ1) is 11.8. The number of nitrogens with zero attached hydrogens (tertiary/aromatic N) is 1. The van der Waals surface area contributed by atoms with Gasteiger partial charge < -0.3 is 15.4 Å². The molecule has 5 heteroatoms. The summed E-state index contributed by atoms with van der Waals surface area (Å²) in [6.07, 6.45) is 5.26. The first kappa shape index (κ1) is 20.8. The third-order valence-electron chi connectivity index (χ3n) is 3.29. The van der Waals surface area contributed by atoms with E-state index in [9.17, 15) is 0 Å². The van der Waals surface area contributed by atoms with Crippen LogP contribution in [-0.2, 0) is 13.2 Å². The molecule has 132 valence electrons. The minimum absolute atomic E-state index is 0. The molecule has 2 aromatic carbocycles. The SMILES string of the molecule is C#CCNC(=NCc1ccc(COc2ccccc2)cc1)NCC.I. The van der Waals surface area contributed by atoms with Crippen LogP contribution in [0.15, 0.2) is 59.6 Å². The zero-order valence-electron chi connectivity index (χ0n) is 14.4. The van der Waals surface area contributed by atoms with Gasteiger partial charge in [-0.15, -0.1) is 30.4 Å². The first-order valence-corrected chi connectivity index (χ1v) is 8.03. The quantitative estimate of drug-likeness (QED) is 0.294. The fourth-order valence-corrected chi connectivity index (χ4v) is 2.07. The van der Waals surface area contributed by atoms with Crippen molar-refractivity contribution in [2.45, 2.75) is 20.1 Å². The number of benzene rings is 2. The predicted octanol–water partition coefficient (Wildman–Crippen LogP) is 3.57. The number of ether oxygens (including phenoxy) is 1. The summed E-state index contributed by atoms with van der Waals surface area (Å²) in [5, 5.41) is 6.23. The van der Waals surface area contributed by atoms with E-state index < -0.39 is 0 Å². The molecule has 0 aliphatic heterocycles. The van der Waals surface area contributed by atoms with Gasteiger partial charge in [0, 0.05) is 6.54 Å². The Balaban J connectivity index is 0.00000312. The average molecular weight is 449 g/mol. The molecule has 0 aromatic heterocycles. The molecule has 0 radical (unpaired) electrons. The van der Waals surface area contributed by atoms with Gasteiger partial charge in [-0.25, -0.2) is 4.99 Å². The van der Waals surface area contributed by atoms with E-state index in [1.54, 1.807) is 0 Å². The number of terminal acetylenes is 1. The fourth-order valence-electron chi connectivity index (χ4n) is 2.07. The molecular formula is C20H24IN3O. The minimum Gasteiger partial charge on any atom is -0.489 e. The molecule has 0 fully saturated rings. The highest BCUT2D eigenvalue weighted by molar-refractivity contribution is 14.0. The molecule has 0 aliphatic carbocycles. The molecule has 0 atom stereocenters. The van der Waals surface area contributed by atoms with E-state index in [4.69, 9.17) is 11.2 Å². The van der Waals surface area contributed by atoms with Gasteiger partial charge in [0.05, 0.1) is 13.1 Å². The molecule has 2 N–H and O–H groups in total. The van der Waals surface area contributed by atoms with E-state index in [-0.39, 0.29) is 24.0 Å². The van der Waals surface area contributed by atoms with Crippen molar-refractivity contribution in [2.75, 3.05) is 13.1 Å². The second kappa shape index (κ2) is 12.2. The van der Waals surface area contributed by atoms with Crippen LogP contribution in [0, 0.1) is 12.3 Å². The molecule has 0 bridgehead atoms. The van der Waals surface area contributed by atoms with E-state index in [0.29, 0.717) is 19.7 Å². The molecule has 0 unspecified atom stereocenters. The zero-order valence-corrected chi connectivity index (χ0v) is 16.7. The predicted molar refractivity (Wildman–Crippen MR) is 114 cm³/mol. The van der Waals surface area contributed by atoms with Crippen molar-refractivity contribution in [1.82, 2.24) is 10.6 Å². The Labute approximate surface area is 167 Å². The lowest BCUT2D eigenvalue weighted by Crippen LogP contribution is -2.37. The van der Waals surface area contributed by atoms with Crippen molar-refractivity contribution in [3.05, 3.63) is 65.7 Å². The summed E-state index contributed by atoms with van der Waals surface area (Å²) in [6, 6.07) is 18.1. The summed E-state index contributed by atoms with van der Waals surface area (Å²) in [4.78, 5) is 4.51. The molecule has 0 saturated heterocycles. The Kier molecular flexibility index (Phi) is 10.2. The van der Waals surface area contributed by atoms with Gasteiger partial charge in [0.2, 0.25) is 0 Å². The second-order valence-corrected chi connectivity index (χ2v) is 5.17. The van der Waals surface area contributed by atoms with Gasteiger partial charge in [-0.05, 0) is 30.2 Å². The molecule has 0 saturated carbocycles. The van der Waals surface area contributed by atoms with Crippen molar-refractivity contribution in [3.63, 3.8) is 0 Å². The smallest absolute Gasteiger partial charge is 0.192 e. The van der Waals surface area contributed by atoms with Gasteiger partial charge in [0.15, 0.2) is 5.96 Å². The molecule has 2 rings (SSSR count). The summed E-state index contributed by atoms with van der Waals surface area (Å²) in [7, 11) is 0. The summed E-state index contributed by atoms with van der Waals surface area (Å²) in [5.74, 6) is 4.15. The lowest BCUT2D eigenvalue weighted by Gasteiger charge is -2.09. The van der Waals surface area contributed by atoms with E-state index in [1.807, 2.05) is 37.3 Å². The van der Waals surface area contributed by atoms with Gasteiger partial charge in [-0.3, -0.25) is 0 Å². The number of rotatable bonds is 7. The molecule has 0 aliphatic rings.